The molecule has 0 fully saturated rings. The van der Waals surface area contributed by atoms with Crippen molar-refractivity contribution in [2.45, 2.75) is 12.3 Å². The number of rotatable bonds is 9. The zero-order valence-corrected chi connectivity index (χ0v) is 25.4. The summed E-state index contributed by atoms with van der Waals surface area (Å²) < 4.78 is 21.7. The van der Waals surface area contributed by atoms with E-state index in [9.17, 15) is 14.7 Å². The first-order valence-electron chi connectivity index (χ1n) is 12.0. The van der Waals surface area contributed by atoms with Gasteiger partial charge in [0.2, 0.25) is 11.8 Å². The number of methoxy groups -OCH3 is 2. The van der Waals surface area contributed by atoms with Crippen molar-refractivity contribution in [3.05, 3.63) is 88.2 Å². The minimum Gasteiger partial charge on any atom is -0.549 e. The van der Waals surface area contributed by atoms with Gasteiger partial charge in [-0.15, -0.1) is 0 Å². The number of allylic oxidation sites excluding steroid dienone is 2. The molecule has 0 saturated heterocycles. The van der Waals surface area contributed by atoms with Gasteiger partial charge in [-0.05, 0) is 55.0 Å². The Labute approximate surface area is 263 Å². The summed E-state index contributed by atoms with van der Waals surface area (Å²) in [5.74, 6) is -0.695. The van der Waals surface area contributed by atoms with Crippen molar-refractivity contribution >= 4 is 29.2 Å². The van der Waals surface area contributed by atoms with Gasteiger partial charge in [0.05, 0.1) is 31.4 Å². The Hall–Kier alpha value is -3.90. The van der Waals surface area contributed by atoms with Gasteiger partial charge in [0, 0.05) is 40.8 Å². The fourth-order valence-corrected chi connectivity index (χ4v) is 4.15. The average molecular weight is 589 g/mol. The molecule has 1 aromatic heterocycles. The Bertz CT molecular complexity index is 1500. The van der Waals surface area contributed by atoms with Crippen LogP contribution in [0.15, 0.2) is 66.5 Å². The van der Waals surface area contributed by atoms with Gasteiger partial charge >= 0.3 is 29.6 Å². The molecule has 0 saturated carbocycles. The van der Waals surface area contributed by atoms with E-state index in [0.29, 0.717) is 46.2 Å². The predicted octanol–water partition coefficient (Wildman–Crippen LogP) is -0.306. The van der Waals surface area contributed by atoms with Crippen LogP contribution in [-0.4, -0.2) is 37.7 Å². The van der Waals surface area contributed by atoms with Crippen molar-refractivity contribution in [1.29, 1.82) is 0 Å². The van der Waals surface area contributed by atoms with Gasteiger partial charge in [0.1, 0.15) is 23.1 Å². The van der Waals surface area contributed by atoms with Crippen molar-refractivity contribution in [2.24, 2.45) is 11.5 Å². The van der Waals surface area contributed by atoms with Crippen LogP contribution in [0.4, 0.5) is 0 Å². The van der Waals surface area contributed by atoms with Crippen LogP contribution in [0, 0.1) is 0 Å². The molecule has 1 unspecified atom stereocenters. The number of benzene rings is 2. The number of nitrogens with one attached hydrogen (secondary N) is 1. The molecular weight excluding hydrogens is 563 g/mol. The molecule has 11 nitrogen and oxygen atoms in total. The Kier molecular flexibility index (Phi) is 10.9. The van der Waals surface area contributed by atoms with Crippen LogP contribution in [0.2, 0.25) is 5.02 Å². The van der Waals surface area contributed by atoms with Crippen LogP contribution in [0.5, 0.6) is 29.0 Å². The first-order valence-corrected chi connectivity index (χ1v) is 12.4. The fraction of sp³-hybridized carbons (Fsp3) is 0.179. The summed E-state index contributed by atoms with van der Waals surface area (Å²) in [6, 6.07) is 12.6. The molecule has 2 heterocycles. The van der Waals surface area contributed by atoms with Crippen molar-refractivity contribution < 1.29 is 63.2 Å². The van der Waals surface area contributed by atoms with Crippen molar-refractivity contribution in [2.75, 3.05) is 20.8 Å². The smallest absolute Gasteiger partial charge is 0.549 e. The summed E-state index contributed by atoms with van der Waals surface area (Å²) in [6.45, 7) is 0.239. The number of nitrogens with two attached hydrogens (primary N) is 2. The van der Waals surface area contributed by atoms with Gasteiger partial charge in [0.25, 0.3) is 5.91 Å². The molecule has 0 spiro atoms. The molecule has 1 aliphatic rings. The van der Waals surface area contributed by atoms with E-state index in [0.717, 1.165) is 0 Å². The van der Waals surface area contributed by atoms with E-state index in [-0.39, 0.29) is 58.6 Å². The molecule has 3 aromatic rings. The number of carboxylic acids is 1. The third-order valence-corrected chi connectivity index (χ3v) is 6.28. The summed E-state index contributed by atoms with van der Waals surface area (Å²) in [5.41, 5.74) is 13.7. The number of aliphatic carboxylic acids is 1. The van der Waals surface area contributed by atoms with E-state index in [2.05, 4.69) is 10.3 Å². The normalized spacial score (nSPS) is 14.6. The topological polar surface area (TPSA) is 171 Å². The monoisotopic (exact) mass is 588 g/mol. The number of carboxylic acid groups (broad SMARTS) is 1. The standard InChI is InChI=1S/C28H27ClN4O7.Na/c1-37-25-10-7-18(27(33-25)38-2)21(30)8-9-24(31)32-26(34)15-3-5-16(6-4-15)40-23-14-22-19(13-20(23)29)17(28(35)36)11-12-39-22;/h3-10,13-14,17H,11-12,30-31H2,1-2H3,(H,32,34)(H,35,36);/q;+1/p-1/b21-8-,24-9+;. The number of carbonyl (C=O) groups is 2. The minimum atomic E-state index is -1.19. The van der Waals surface area contributed by atoms with E-state index in [1.165, 1.54) is 38.5 Å². The zero-order valence-electron chi connectivity index (χ0n) is 22.6. The maximum absolute atomic E-state index is 12.7. The van der Waals surface area contributed by atoms with Crippen LogP contribution in [-0.2, 0) is 4.79 Å². The number of amides is 1. The maximum atomic E-state index is 12.7. The maximum Gasteiger partial charge on any atom is 1.00 e. The molecule has 0 aliphatic carbocycles. The Morgan fingerprint density at radius 3 is 2.49 bits per heavy atom. The number of hydrogen-bond donors (Lipinski definition) is 3. The molecule has 1 aliphatic heterocycles. The van der Waals surface area contributed by atoms with E-state index in [4.69, 9.17) is 42.0 Å². The van der Waals surface area contributed by atoms with Gasteiger partial charge in [-0.2, -0.15) is 4.98 Å². The van der Waals surface area contributed by atoms with Crippen molar-refractivity contribution in [3.8, 4) is 29.0 Å². The van der Waals surface area contributed by atoms with E-state index in [1.807, 2.05) is 0 Å². The first-order chi connectivity index (χ1) is 19.2. The predicted molar refractivity (Wildman–Crippen MR) is 145 cm³/mol. The van der Waals surface area contributed by atoms with Crippen LogP contribution in [0.3, 0.4) is 0 Å². The number of ether oxygens (including phenoxy) is 4. The second kappa shape index (κ2) is 14.1. The second-order valence-electron chi connectivity index (χ2n) is 8.56. The molecule has 2 aromatic carbocycles. The Morgan fingerprint density at radius 1 is 1.10 bits per heavy atom. The van der Waals surface area contributed by atoms with Crippen LogP contribution >= 0.6 is 11.6 Å². The molecule has 41 heavy (non-hydrogen) atoms. The second-order valence-corrected chi connectivity index (χ2v) is 8.97. The molecule has 1 atom stereocenters. The van der Waals surface area contributed by atoms with Crippen LogP contribution in [0.1, 0.15) is 33.8 Å². The third kappa shape index (κ3) is 7.65. The molecule has 13 heteroatoms. The summed E-state index contributed by atoms with van der Waals surface area (Å²) in [6.07, 6.45) is 3.26. The number of hydrogen-bond acceptors (Lipinski definition) is 10. The molecule has 1 amide bonds. The van der Waals surface area contributed by atoms with Gasteiger partial charge in [-0.3, -0.25) is 4.79 Å². The number of nitrogens with zero attached hydrogens (tertiary/aromatic N) is 1. The number of carbonyl (C=O) groups excluding carboxylic acids is 2. The van der Waals surface area contributed by atoms with Gasteiger partial charge in [-0.25, -0.2) is 0 Å². The van der Waals surface area contributed by atoms with Crippen molar-refractivity contribution in [3.63, 3.8) is 0 Å². The molecule has 208 valence electrons. The fourth-order valence-electron chi connectivity index (χ4n) is 3.94. The Morgan fingerprint density at radius 2 is 1.83 bits per heavy atom. The minimum absolute atomic E-state index is 0. The number of pyridine rings is 1. The number of fused-ring (bicyclic) bond motifs is 1. The summed E-state index contributed by atoms with van der Waals surface area (Å²) in [7, 11) is 2.95. The molecule has 0 bridgehead atoms. The van der Waals surface area contributed by atoms with Crippen LogP contribution in [0.25, 0.3) is 5.70 Å². The molecule has 5 N–H and O–H groups in total. The summed E-state index contributed by atoms with van der Waals surface area (Å²) in [5, 5.41) is 14.2. The Balaban J connectivity index is 0.00000462. The summed E-state index contributed by atoms with van der Waals surface area (Å²) in [4.78, 5) is 28.3. The van der Waals surface area contributed by atoms with Gasteiger partial charge in [0.15, 0.2) is 0 Å². The largest absolute Gasteiger partial charge is 1.00 e. The number of halogens is 1. The molecular formula is C28H26ClN4NaO7. The quantitative estimate of drug-likeness (QED) is 0.222. The number of aromatic nitrogens is 1. The van der Waals surface area contributed by atoms with E-state index < -0.39 is 17.8 Å². The summed E-state index contributed by atoms with van der Waals surface area (Å²) >= 11 is 6.33. The van der Waals surface area contributed by atoms with E-state index >= 15 is 0 Å². The average Bonchev–Trinajstić information content (AvgIpc) is 2.95. The zero-order chi connectivity index (χ0) is 28.8. The SMILES string of the molecule is COc1ccc(/C(N)=C/C=C(\N)NC(=O)c2ccc(Oc3cc4c(cc3Cl)C(C(=O)[O-])CCO4)cc2)c(OC)n1.[Na+]. The van der Waals surface area contributed by atoms with Gasteiger partial charge in [-0.1, -0.05) is 11.6 Å². The third-order valence-electron chi connectivity index (χ3n) is 5.98. The molecule has 4 rings (SSSR count). The van der Waals surface area contributed by atoms with Crippen molar-refractivity contribution in [1.82, 2.24) is 10.3 Å². The van der Waals surface area contributed by atoms with Gasteiger partial charge < -0.3 is 45.6 Å². The van der Waals surface area contributed by atoms with E-state index in [1.54, 1.807) is 36.4 Å². The van der Waals surface area contributed by atoms with Crippen LogP contribution < -0.4 is 70.4 Å². The first kappa shape index (κ1) is 31.6. The molecule has 0 radical (unpaired) electrons.